The minimum absolute atomic E-state index is 0.179. The lowest BCUT2D eigenvalue weighted by molar-refractivity contribution is 0.0194. The quantitative estimate of drug-likeness (QED) is 0.351. The molecule has 3 atom stereocenters. The minimum Gasteiger partial charge on any atom is -0.413 e. The summed E-state index contributed by atoms with van der Waals surface area (Å²) < 4.78 is 13.1. The first-order chi connectivity index (χ1) is 13.1. The molecule has 0 heterocycles. The third-order valence-corrected chi connectivity index (χ3v) is 13.5. The lowest BCUT2D eigenvalue weighted by atomic mass is 9.93. The van der Waals surface area contributed by atoms with Crippen molar-refractivity contribution in [3.05, 3.63) is 47.2 Å². The molecule has 0 amide bonds. The van der Waals surface area contributed by atoms with Crippen LogP contribution >= 0.6 is 0 Å². The molecule has 0 aliphatic rings. The number of hydrogen-bond acceptors (Lipinski definition) is 2. The zero-order chi connectivity index (χ0) is 22.5. The van der Waals surface area contributed by atoms with Gasteiger partial charge in [-0.25, -0.2) is 0 Å². The van der Waals surface area contributed by atoms with Crippen LogP contribution in [0.4, 0.5) is 0 Å². The molecule has 1 aromatic carbocycles. The van der Waals surface area contributed by atoms with E-state index in [2.05, 4.69) is 105 Å². The molecule has 0 aromatic heterocycles. The highest BCUT2D eigenvalue weighted by Crippen LogP contribution is 2.39. The molecule has 0 unspecified atom stereocenters. The third-order valence-electron chi connectivity index (χ3n) is 6.50. The van der Waals surface area contributed by atoms with Gasteiger partial charge in [0, 0.05) is 5.92 Å². The minimum atomic E-state index is -1.87. The number of hydrogen-bond donors (Lipinski definition) is 0. The number of rotatable bonds is 10. The SMILES string of the molecule is C/C(=C/[C@H](C)[C@@H](O[Si](C)(C)C(C)(C)C)[C@@H](C)COCc1ccccc1)[Si](C)(C)C. The lowest BCUT2D eigenvalue weighted by Gasteiger charge is -2.42. The van der Waals surface area contributed by atoms with Crippen LogP contribution in [0.1, 0.15) is 47.1 Å². The fraction of sp³-hybridized carbons (Fsp3) is 0.680. The maximum absolute atomic E-state index is 6.97. The highest BCUT2D eigenvalue weighted by atomic mass is 28.4. The van der Waals surface area contributed by atoms with Crippen LogP contribution in [0.15, 0.2) is 41.6 Å². The molecule has 1 aromatic rings. The summed E-state index contributed by atoms with van der Waals surface area (Å²) in [5.74, 6) is 0.722. The standard InChI is InChI=1S/C25H46O2Si2/c1-20(17-22(3)28(7,8)9)24(27-29(10,11)25(4,5)6)21(2)18-26-19-23-15-13-12-14-16-23/h12-17,20-21,24H,18-19H2,1-11H3/b22-17-/t20-,21-,24+/m0/s1. The largest absolute Gasteiger partial charge is 0.413 e. The molecule has 0 spiro atoms. The van der Waals surface area contributed by atoms with Gasteiger partial charge in [0.2, 0.25) is 0 Å². The zero-order valence-electron chi connectivity index (χ0n) is 20.9. The second kappa shape index (κ2) is 10.6. The molecule has 29 heavy (non-hydrogen) atoms. The zero-order valence-corrected chi connectivity index (χ0v) is 22.9. The average Bonchev–Trinajstić information content (AvgIpc) is 2.58. The Hall–Kier alpha value is -0.686. The van der Waals surface area contributed by atoms with Crippen molar-refractivity contribution in [3.8, 4) is 0 Å². The fourth-order valence-electron chi connectivity index (χ4n) is 3.03. The van der Waals surface area contributed by atoms with Crippen LogP contribution in [-0.2, 0) is 15.8 Å². The van der Waals surface area contributed by atoms with Gasteiger partial charge in [0.05, 0.1) is 27.4 Å². The van der Waals surface area contributed by atoms with Crippen molar-refractivity contribution in [2.75, 3.05) is 6.61 Å². The van der Waals surface area contributed by atoms with Crippen molar-refractivity contribution in [2.45, 2.75) is 92.0 Å². The van der Waals surface area contributed by atoms with Gasteiger partial charge in [-0.05, 0) is 36.5 Å². The Morgan fingerprint density at radius 2 is 1.55 bits per heavy atom. The first-order valence-corrected chi connectivity index (χ1v) is 17.5. The molecule has 1 rings (SSSR count). The molecule has 0 bridgehead atoms. The van der Waals surface area contributed by atoms with E-state index in [1.54, 1.807) is 5.20 Å². The van der Waals surface area contributed by atoms with Gasteiger partial charge >= 0.3 is 0 Å². The van der Waals surface area contributed by atoms with Gasteiger partial charge in [-0.1, -0.05) is 95.9 Å². The first kappa shape index (κ1) is 26.3. The molecule has 0 aliphatic heterocycles. The molecule has 0 N–H and O–H groups in total. The number of allylic oxidation sites excluding steroid dienone is 1. The van der Waals surface area contributed by atoms with Gasteiger partial charge < -0.3 is 9.16 Å². The first-order valence-electron chi connectivity index (χ1n) is 11.1. The molecule has 0 aliphatic carbocycles. The summed E-state index contributed by atoms with van der Waals surface area (Å²) in [7, 11) is -3.15. The third kappa shape index (κ3) is 8.52. The fourth-order valence-corrected chi connectivity index (χ4v) is 5.27. The summed E-state index contributed by atoms with van der Waals surface area (Å²) in [6.45, 7) is 27.2. The van der Waals surface area contributed by atoms with Crippen molar-refractivity contribution in [1.29, 1.82) is 0 Å². The monoisotopic (exact) mass is 434 g/mol. The van der Waals surface area contributed by atoms with Crippen molar-refractivity contribution in [1.82, 2.24) is 0 Å². The molecule has 2 nitrogen and oxygen atoms in total. The van der Waals surface area contributed by atoms with Crippen molar-refractivity contribution in [3.63, 3.8) is 0 Å². The molecule has 166 valence electrons. The summed E-state index contributed by atoms with van der Waals surface area (Å²) in [6, 6.07) is 10.4. The van der Waals surface area contributed by atoms with Crippen LogP contribution in [0.25, 0.3) is 0 Å². The van der Waals surface area contributed by atoms with E-state index in [1.165, 1.54) is 5.56 Å². The molecular weight excluding hydrogens is 388 g/mol. The Balaban J connectivity index is 2.96. The summed E-state index contributed by atoms with van der Waals surface area (Å²) in [5.41, 5.74) is 1.23. The van der Waals surface area contributed by atoms with E-state index in [9.17, 15) is 0 Å². The Morgan fingerprint density at radius 1 is 1.00 bits per heavy atom. The van der Waals surface area contributed by atoms with E-state index >= 15 is 0 Å². The van der Waals surface area contributed by atoms with E-state index in [1.807, 2.05) is 6.07 Å². The topological polar surface area (TPSA) is 18.5 Å². The van der Waals surface area contributed by atoms with E-state index in [-0.39, 0.29) is 11.1 Å². The highest BCUT2D eigenvalue weighted by Gasteiger charge is 2.41. The predicted octanol–water partition coefficient (Wildman–Crippen LogP) is 7.69. The maximum atomic E-state index is 6.97. The number of ether oxygens (including phenoxy) is 1. The normalized spacial score (nSPS) is 17.1. The lowest BCUT2D eigenvalue weighted by Crippen LogP contribution is -2.48. The average molecular weight is 435 g/mol. The molecule has 0 saturated heterocycles. The van der Waals surface area contributed by atoms with Crippen molar-refractivity contribution in [2.24, 2.45) is 11.8 Å². The van der Waals surface area contributed by atoms with Crippen molar-refractivity contribution >= 4 is 16.4 Å². The van der Waals surface area contributed by atoms with Crippen LogP contribution < -0.4 is 0 Å². The summed E-state index contributed by atoms with van der Waals surface area (Å²) in [4.78, 5) is 0. The van der Waals surface area contributed by atoms with E-state index in [4.69, 9.17) is 9.16 Å². The molecular formula is C25H46O2Si2. The van der Waals surface area contributed by atoms with Crippen LogP contribution in [0, 0.1) is 11.8 Å². The smallest absolute Gasteiger partial charge is 0.192 e. The van der Waals surface area contributed by atoms with E-state index in [0.717, 1.165) is 6.61 Å². The van der Waals surface area contributed by atoms with Gasteiger partial charge in [0.1, 0.15) is 0 Å². The second-order valence-corrected chi connectivity index (χ2v) is 21.3. The van der Waals surface area contributed by atoms with Crippen molar-refractivity contribution < 1.29 is 9.16 Å². The van der Waals surface area contributed by atoms with Gasteiger partial charge in [-0.2, -0.15) is 0 Å². The van der Waals surface area contributed by atoms with Gasteiger partial charge in [-0.15, -0.1) is 0 Å². The summed E-state index contributed by atoms with van der Waals surface area (Å²) in [5, 5.41) is 1.76. The molecule has 0 saturated carbocycles. The van der Waals surface area contributed by atoms with Crippen LogP contribution in [0.2, 0.25) is 37.8 Å². The maximum Gasteiger partial charge on any atom is 0.192 e. The highest BCUT2D eigenvalue weighted by molar-refractivity contribution is 6.82. The van der Waals surface area contributed by atoms with E-state index < -0.39 is 16.4 Å². The predicted molar refractivity (Wildman–Crippen MR) is 134 cm³/mol. The van der Waals surface area contributed by atoms with Crippen LogP contribution in [0.3, 0.4) is 0 Å². The van der Waals surface area contributed by atoms with Crippen LogP contribution in [0.5, 0.6) is 0 Å². The molecule has 4 heteroatoms. The Bertz CT molecular complexity index is 639. The summed E-state index contributed by atoms with van der Waals surface area (Å²) in [6.07, 6.45) is 2.66. The van der Waals surface area contributed by atoms with Crippen LogP contribution in [-0.4, -0.2) is 29.1 Å². The Morgan fingerprint density at radius 3 is 2.03 bits per heavy atom. The van der Waals surface area contributed by atoms with E-state index in [0.29, 0.717) is 18.4 Å². The Kier molecular flexibility index (Phi) is 9.60. The number of benzene rings is 1. The molecule has 0 radical (unpaired) electrons. The molecule has 0 fully saturated rings. The second-order valence-electron chi connectivity index (χ2n) is 11.3. The van der Waals surface area contributed by atoms with Gasteiger partial charge in [0.25, 0.3) is 0 Å². The van der Waals surface area contributed by atoms with Gasteiger partial charge in [-0.3, -0.25) is 0 Å². The Labute approximate surface area is 183 Å². The summed E-state index contributed by atoms with van der Waals surface area (Å²) >= 11 is 0. The van der Waals surface area contributed by atoms with Gasteiger partial charge in [0.15, 0.2) is 8.32 Å².